The number of benzene rings is 2. The minimum atomic E-state index is 0.0996. The van der Waals surface area contributed by atoms with Crippen molar-refractivity contribution in [1.82, 2.24) is 9.97 Å². The molecular weight excluding hydrogens is 428 g/mol. The summed E-state index contributed by atoms with van der Waals surface area (Å²) < 4.78 is 2.25. The van der Waals surface area contributed by atoms with Crippen LogP contribution < -0.4 is 0 Å². The van der Waals surface area contributed by atoms with Gasteiger partial charge in [-0.1, -0.05) is 6.07 Å². The Balaban J connectivity index is 2.57. The molecule has 1 aromatic heterocycles. The van der Waals surface area contributed by atoms with E-state index in [1.165, 1.54) is 0 Å². The SMILES string of the molecule is Oc1c(Br)cc(Br)c2nc3c(Br)cccc3nc12. The number of phenols is 1. The van der Waals surface area contributed by atoms with E-state index in [9.17, 15) is 5.11 Å². The molecule has 1 N–H and O–H groups in total. The molecule has 3 rings (SSSR count). The second-order valence-corrected chi connectivity index (χ2v) is 6.28. The average molecular weight is 433 g/mol. The van der Waals surface area contributed by atoms with Gasteiger partial charge in [0.1, 0.15) is 16.6 Å². The topological polar surface area (TPSA) is 46.0 Å². The molecular formula is C12H5Br3N2O. The van der Waals surface area contributed by atoms with Gasteiger partial charge in [0.25, 0.3) is 0 Å². The Kier molecular flexibility index (Phi) is 3.03. The summed E-state index contributed by atoms with van der Waals surface area (Å²) in [5, 5.41) is 10.0. The molecule has 0 radical (unpaired) electrons. The lowest BCUT2D eigenvalue weighted by Crippen LogP contribution is -1.90. The van der Waals surface area contributed by atoms with Crippen molar-refractivity contribution in [1.29, 1.82) is 0 Å². The highest BCUT2D eigenvalue weighted by Crippen LogP contribution is 2.37. The smallest absolute Gasteiger partial charge is 0.157 e. The first-order valence-electron chi connectivity index (χ1n) is 5.01. The molecule has 0 saturated heterocycles. The highest BCUT2D eigenvalue weighted by atomic mass is 79.9. The lowest BCUT2D eigenvalue weighted by Gasteiger charge is -2.07. The fraction of sp³-hybridized carbons (Fsp3) is 0. The number of halogens is 3. The molecule has 0 bridgehead atoms. The number of hydrogen-bond acceptors (Lipinski definition) is 3. The second-order valence-electron chi connectivity index (χ2n) is 3.72. The monoisotopic (exact) mass is 430 g/mol. The molecule has 90 valence electrons. The van der Waals surface area contributed by atoms with Gasteiger partial charge in [-0.25, -0.2) is 9.97 Å². The third kappa shape index (κ3) is 1.83. The van der Waals surface area contributed by atoms with Crippen molar-refractivity contribution < 1.29 is 5.11 Å². The Labute approximate surface area is 128 Å². The van der Waals surface area contributed by atoms with Gasteiger partial charge in [-0.05, 0) is 66.0 Å². The summed E-state index contributed by atoms with van der Waals surface area (Å²) in [6, 6.07) is 7.42. The average Bonchev–Trinajstić information content (AvgIpc) is 2.35. The Hall–Kier alpha value is -0.720. The summed E-state index contributed by atoms with van der Waals surface area (Å²) in [7, 11) is 0. The number of nitrogens with zero attached hydrogens (tertiary/aromatic N) is 2. The van der Waals surface area contributed by atoms with Crippen LogP contribution in [0.3, 0.4) is 0 Å². The summed E-state index contributed by atoms with van der Waals surface area (Å²) in [5.41, 5.74) is 2.61. The predicted octanol–water partition coefficient (Wildman–Crippen LogP) is 4.78. The van der Waals surface area contributed by atoms with E-state index in [0.717, 1.165) is 20.0 Å². The van der Waals surface area contributed by atoms with Crippen molar-refractivity contribution in [3.05, 3.63) is 37.7 Å². The van der Waals surface area contributed by atoms with Crippen molar-refractivity contribution in [2.45, 2.75) is 0 Å². The number of aromatic nitrogens is 2. The first-order chi connectivity index (χ1) is 8.58. The first kappa shape index (κ1) is 12.3. The maximum atomic E-state index is 10.0. The van der Waals surface area contributed by atoms with E-state index in [4.69, 9.17) is 0 Å². The molecule has 0 saturated carbocycles. The number of phenolic OH excluding ortho intramolecular Hbond substituents is 1. The third-order valence-corrected chi connectivity index (χ3v) is 4.42. The standard InChI is InChI=1S/C12H5Br3N2O/c13-5-2-1-3-8-9(5)17-10-6(14)4-7(15)12(18)11(10)16-8/h1-4,18H. The van der Waals surface area contributed by atoms with E-state index in [1.54, 1.807) is 6.07 Å². The number of rotatable bonds is 0. The molecule has 0 unspecified atom stereocenters. The maximum absolute atomic E-state index is 10.0. The molecule has 3 nitrogen and oxygen atoms in total. The number of fused-ring (bicyclic) bond motifs is 2. The molecule has 0 spiro atoms. The molecule has 3 aromatic rings. The van der Waals surface area contributed by atoms with Gasteiger partial charge in [0, 0.05) is 8.95 Å². The molecule has 0 aliphatic rings. The summed E-state index contributed by atoms with van der Waals surface area (Å²) in [6.07, 6.45) is 0. The van der Waals surface area contributed by atoms with E-state index in [0.29, 0.717) is 15.5 Å². The van der Waals surface area contributed by atoms with E-state index >= 15 is 0 Å². The van der Waals surface area contributed by atoms with Crippen LogP contribution in [0.4, 0.5) is 0 Å². The minimum Gasteiger partial charge on any atom is -0.504 e. The van der Waals surface area contributed by atoms with Gasteiger partial charge in [-0.3, -0.25) is 0 Å². The van der Waals surface area contributed by atoms with Gasteiger partial charge in [0.2, 0.25) is 0 Å². The van der Waals surface area contributed by atoms with Gasteiger partial charge in [0.15, 0.2) is 5.75 Å². The molecule has 0 amide bonds. The van der Waals surface area contributed by atoms with E-state index in [1.807, 2.05) is 18.2 Å². The van der Waals surface area contributed by atoms with Gasteiger partial charge >= 0.3 is 0 Å². The number of aromatic hydroxyl groups is 1. The van der Waals surface area contributed by atoms with Gasteiger partial charge in [0.05, 0.1) is 9.99 Å². The van der Waals surface area contributed by atoms with Crippen LogP contribution in [0.2, 0.25) is 0 Å². The molecule has 6 heteroatoms. The van der Waals surface area contributed by atoms with Crippen molar-refractivity contribution in [2.75, 3.05) is 0 Å². The summed E-state index contributed by atoms with van der Waals surface area (Å²) in [6.45, 7) is 0. The summed E-state index contributed by atoms with van der Waals surface area (Å²) in [5.74, 6) is 0.0996. The van der Waals surface area contributed by atoms with Crippen LogP contribution in [0.1, 0.15) is 0 Å². The molecule has 0 fully saturated rings. The summed E-state index contributed by atoms with van der Waals surface area (Å²) in [4.78, 5) is 9.00. The second kappa shape index (κ2) is 4.43. The first-order valence-corrected chi connectivity index (χ1v) is 7.39. The van der Waals surface area contributed by atoms with Gasteiger partial charge < -0.3 is 5.11 Å². The van der Waals surface area contributed by atoms with Gasteiger partial charge in [-0.15, -0.1) is 0 Å². The fourth-order valence-electron chi connectivity index (χ4n) is 1.74. The molecule has 2 aromatic carbocycles. The number of para-hydroxylation sites is 1. The quantitative estimate of drug-likeness (QED) is 0.520. The van der Waals surface area contributed by atoms with Crippen LogP contribution in [-0.2, 0) is 0 Å². The zero-order chi connectivity index (χ0) is 12.9. The molecule has 1 heterocycles. The van der Waals surface area contributed by atoms with Crippen molar-refractivity contribution in [3.63, 3.8) is 0 Å². The largest absolute Gasteiger partial charge is 0.504 e. The van der Waals surface area contributed by atoms with E-state index < -0.39 is 0 Å². The van der Waals surface area contributed by atoms with E-state index in [2.05, 4.69) is 57.8 Å². The van der Waals surface area contributed by atoms with Crippen LogP contribution in [-0.4, -0.2) is 15.1 Å². The maximum Gasteiger partial charge on any atom is 0.157 e. The van der Waals surface area contributed by atoms with Crippen LogP contribution in [0.25, 0.3) is 22.1 Å². The molecule has 0 aliphatic heterocycles. The normalized spacial score (nSPS) is 11.3. The Morgan fingerprint density at radius 3 is 2.39 bits per heavy atom. The van der Waals surface area contributed by atoms with Crippen molar-refractivity contribution >= 4 is 69.9 Å². The highest BCUT2D eigenvalue weighted by molar-refractivity contribution is 9.11. The molecule has 0 aliphatic carbocycles. The van der Waals surface area contributed by atoms with Crippen molar-refractivity contribution in [3.8, 4) is 5.75 Å². The summed E-state index contributed by atoms with van der Waals surface area (Å²) >= 11 is 10.2. The Morgan fingerprint density at radius 1 is 0.833 bits per heavy atom. The van der Waals surface area contributed by atoms with Crippen LogP contribution in [0.5, 0.6) is 5.75 Å². The lowest BCUT2D eigenvalue weighted by molar-refractivity contribution is 0.477. The Bertz CT molecular complexity index is 789. The molecule has 18 heavy (non-hydrogen) atoms. The molecule has 0 atom stereocenters. The van der Waals surface area contributed by atoms with Crippen LogP contribution >= 0.6 is 47.8 Å². The van der Waals surface area contributed by atoms with Gasteiger partial charge in [-0.2, -0.15) is 0 Å². The lowest BCUT2D eigenvalue weighted by atomic mass is 10.2. The number of hydrogen-bond donors (Lipinski definition) is 1. The van der Waals surface area contributed by atoms with Crippen LogP contribution in [0, 0.1) is 0 Å². The van der Waals surface area contributed by atoms with E-state index in [-0.39, 0.29) is 5.75 Å². The zero-order valence-electron chi connectivity index (χ0n) is 8.78. The third-order valence-electron chi connectivity index (χ3n) is 2.58. The minimum absolute atomic E-state index is 0.0996. The van der Waals surface area contributed by atoms with Crippen molar-refractivity contribution in [2.24, 2.45) is 0 Å². The van der Waals surface area contributed by atoms with Crippen LogP contribution in [0.15, 0.2) is 37.7 Å². The highest BCUT2D eigenvalue weighted by Gasteiger charge is 2.13. The predicted molar refractivity (Wildman–Crippen MR) is 81.8 cm³/mol. The zero-order valence-corrected chi connectivity index (χ0v) is 13.5. The Morgan fingerprint density at radius 2 is 1.61 bits per heavy atom. The fourth-order valence-corrected chi connectivity index (χ4v) is 3.41.